The van der Waals surface area contributed by atoms with Crippen LogP contribution in [0.25, 0.3) is 0 Å². The van der Waals surface area contributed by atoms with Gasteiger partial charge in [0.25, 0.3) is 0 Å². The van der Waals surface area contributed by atoms with Crippen molar-refractivity contribution in [1.29, 1.82) is 0 Å². The van der Waals surface area contributed by atoms with Crippen molar-refractivity contribution < 1.29 is 17.9 Å². The molecule has 0 saturated heterocycles. The van der Waals surface area contributed by atoms with Crippen molar-refractivity contribution in [1.82, 2.24) is 0 Å². The molecule has 6 nitrogen and oxygen atoms in total. The summed E-state index contributed by atoms with van der Waals surface area (Å²) >= 11 is 12.0. The Balaban J connectivity index is 2.44. The average molecular weight is 431 g/mol. The minimum absolute atomic E-state index is 0.219. The minimum atomic E-state index is -3.79. The zero-order valence-electron chi connectivity index (χ0n) is 15.1. The highest BCUT2D eigenvalue weighted by molar-refractivity contribution is 7.92. The number of benzene rings is 2. The summed E-state index contributed by atoms with van der Waals surface area (Å²) in [7, 11) is -2.31. The van der Waals surface area contributed by atoms with E-state index < -0.39 is 22.0 Å². The van der Waals surface area contributed by atoms with E-state index in [4.69, 9.17) is 27.9 Å². The van der Waals surface area contributed by atoms with Gasteiger partial charge >= 0.3 is 0 Å². The minimum Gasteiger partial charge on any atom is -0.495 e. The zero-order chi connectivity index (χ0) is 20.2. The molecule has 0 aliphatic carbocycles. The van der Waals surface area contributed by atoms with Gasteiger partial charge in [0, 0.05) is 10.0 Å². The Hall–Kier alpha value is -1.96. The number of nitrogens with one attached hydrogen (secondary N) is 1. The van der Waals surface area contributed by atoms with Gasteiger partial charge in [0.15, 0.2) is 0 Å². The summed E-state index contributed by atoms with van der Waals surface area (Å²) in [6.07, 6.45) is 1.26. The molecule has 0 spiro atoms. The number of carbonyl (C=O) groups is 1. The number of methoxy groups -OCH3 is 1. The Morgan fingerprint density at radius 3 is 2.30 bits per heavy atom. The van der Waals surface area contributed by atoms with Crippen LogP contribution >= 0.6 is 23.2 Å². The molecular formula is C18H20Cl2N2O4S. The van der Waals surface area contributed by atoms with Gasteiger partial charge in [-0.2, -0.15) is 0 Å². The van der Waals surface area contributed by atoms with Crippen LogP contribution in [0.1, 0.15) is 13.3 Å². The molecule has 27 heavy (non-hydrogen) atoms. The molecule has 0 saturated carbocycles. The van der Waals surface area contributed by atoms with E-state index in [-0.39, 0.29) is 22.2 Å². The lowest BCUT2D eigenvalue weighted by Crippen LogP contribution is -2.47. The van der Waals surface area contributed by atoms with Crippen molar-refractivity contribution in [2.75, 3.05) is 23.0 Å². The van der Waals surface area contributed by atoms with E-state index in [1.54, 1.807) is 31.2 Å². The number of amides is 1. The van der Waals surface area contributed by atoms with Crippen LogP contribution in [0.5, 0.6) is 5.75 Å². The molecule has 1 amide bonds. The van der Waals surface area contributed by atoms with Crippen molar-refractivity contribution >= 4 is 50.5 Å². The van der Waals surface area contributed by atoms with Crippen LogP contribution in [0.3, 0.4) is 0 Å². The summed E-state index contributed by atoms with van der Waals surface area (Å²) in [4.78, 5) is 12.9. The van der Waals surface area contributed by atoms with E-state index in [0.29, 0.717) is 11.4 Å². The number of halogens is 2. The third-order valence-electron chi connectivity index (χ3n) is 3.80. The number of carbonyl (C=O) groups excluding carboxylic acids is 1. The average Bonchev–Trinajstić information content (AvgIpc) is 2.57. The van der Waals surface area contributed by atoms with E-state index in [1.807, 2.05) is 0 Å². The molecule has 0 heterocycles. The predicted octanol–water partition coefficient (Wildman–Crippen LogP) is 4.19. The van der Waals surface area contributed by atoms with E-state index in [0.717, 1.165) is 10.6 Å². The van der Waals surface area contributed by atoms with Gasteiger partial charge in [-0.15, -0.1) is 0 Å². The van der Waals surface area contributed by atoms with Crippen molar-refractivity contribution in [3.05, 3.63) is 52.5 Å². The summed E-state index contributed by atoms with van der Waals surface area (Å²) in [5.41, 5.74) is 0.665. The number of hydrogen-bond donors (Lipinski definition) is 1. The summed E-state index contributed by atoms with van der Waals surface area (Å²) in [6, 6.07) is 10.3. The molecule has 9 heteroatoms. The zero-order valence-corrected chi connectivity index (χ0v) is 17.4. The Labute approximate surface area is 169 Å². The first-order valence-electron chi connectivity index (χ1n) is 8.06. The van der Waals surface area contributed by atoms with Crippen molar-refractivity contribution in [2.45, 2.75) is 19.4 Å². The predicted molar refractivity (Wildman–Crippen MR) is 109 cm³/mol. The first-order chi connectivity index (χ1) is 12.7. The van der Waals surface area contributed by atoms with Crippen molar-refractivity contribution in [3.8, 4) is 5.75 Å². The van der Waals surface area contributed by atoms with Gasteiger partial charge in [-0.1, -0.05) is 42.3 Å². The monoisotopic (exact) mass is 430 g/mol. The SMILES string of the molecule is CCC(C(=O)Nc1ccccc1OC)N(c1cc(Cl)cc(Cl)c1)S(C)(=O)=O. The number of anilines is 2. The van der Waals surface area contributed by atoms with Gasteiger partial charge in [0.1, 0.15) is 11.8 Å². The molecule has 0 bridgehead atoms. The molecule has 0 aliphatic heterocycles. The molecule has 2 rings (SSSR count). The van der Waals surface area contributed by atoms with Crippen molar-refractivity contribution in [2.24, 2.45) is 0 Å². The summed E-state index contributed by atoms with van der Waals surface area (Å²) in [5.74, 6) is -0.0269. The van der Waals surface area contributed by atoms with Gasteiger partial charge in [-0.3, -0.25) is 9.10 Å². The quantitative estimate of drug-likeness (QED) is 0.714. The highest BCUT2D eigenvalue weighted by atomic mass is 35.5. The van der Waals surface area contributed by atoms with Gasteiger partial charge in [-0.05, 0) is 36.8 Å². The molecule has 2 aromatic rings. The summed E-state index contributed by atoms with van der Waals surface area (Å²) < 4.78 is 31.2. The fraction of sp³-hybridized carbons (Fsp3) is 0.278. The molecule has 0 fully saturated rings. The topological polar surface area (TPSA) is 75.7 Å². The molecule has 0 aliphatic rings. The number of para-hydroxylation sites is 2. The lowest BCUT2D eigenvalue weighted by molar-refractivity contribution is -0.117. The number of sulfonamides is 1. The maximum atomic E-state index is 12.9. The van der Waals surface area contributed by atoms with E-state index >= 15 is 0 Å². The first-order valence-corrected chi connectivity index (χ1v) is 10.7. The van der Waals surface area contributed by atoms with Crippen LogP contribution in [-0.2, 0) is 14.8 Å². The summed E-state index contributed by atoms with van der Waals surface area (Å²) in [6.45, 7) is 1.72. The van der Waals surface area contributed by atoms with Gasteiger partial charge in [0.05, 0.1) is 24.7 Å². The fourth-order valence-corrected chi connectivity index (χ4v) is 4.40. The Kier molecular flexibility index (Phi) is 6.97. The molecule has 0 aromatic heterocycles. The molecular weight excluding hydrogens is 411 g/mol. The van der Waals surface area contributed by atoms with Gasteiger partial charge in [0.2, 0.25) is 15.9 Å². The normalized spacial score (nSPS) is 12.3. The highest BCUT2D eigenvalue weighted by Gasteiger charge is 2.32. The highest BCUT2D eigenvalue weighted by Crippen LogP contribution is 2.30. The van der Waals surface area contributed by atoms with E-state index in [9.17, 15) is 13.2 Å². The fourth-order valence-electron chi connectivity index (χ4n) is 2.69. The molecule has 1 N–H and O–H groups in total. The van der Waals surface area contributed by atoms with Crippen LogP contribution in [0.15, 0.2) is 42.5 Å². The Morgan fingerprint density at radius 1 is 1.19 bits per heavy atom. The molecule has 1 atom stereocenters. The van der Waals surface area contributed by atoms with Crippen LogP contribution in [0, 0.1) is 0 Å². The maximum absolute atomic E-state index is 12.9. The van der Waals surface area contributed by atoms with Crippen LogP contribution in [0.4, 0.5) is 11.4 Å². The van der Waals surface area contributed by atoms with E-state index in [2.05, 4.69) is 5.32 Å². The van der Waals surface area contributed by atoms with Crippen LogP contribution in [-0.4, -0.2) is 33.7 Å². The van der Waals surface area contributed by atoms with Crippen LogP contribution < -0.4 is 14.4 Å². The standard InChI is InChI=1S/C18H20Cl2N2O4S/c1-4-16(18(23)21-15-7-5-6-8-17(15)26-2)22(27(3,24)25)14-10-12(19)9-13(20)11-14/h5-11,16H,4H2,1-3H3,(H,21,23). The first kappa shape index (κ1) is 21.3. The largest absolute Gasteiger partial charge is 0.495 e. The second-order valence-electron chi connectivity index (χ2n) is 5.80. The Morgan fingerprint density at radius 2 is 1.78 bits per heavy atom. The Bertz CT molecular complexity index is 914. The third kappa shape index (κ3) is 5.28. The van der Waals surface area contributed by atoms with E-state index in [1.165, 1.54) is 25.3 Å². The van der Waals surface area contributed by atoms with Gasteiger partial charge < -0.3 is 10.1 Å². The number of ether oxygens (including phenoxy) is 1. The number of rotatable bonds is 7. The van der Waals surface area contributed by atoms with Crippen molar-refractivity contribution in [3.63, 3.8) is 0 Å². The number of hydrogen-bond acceptors (Lipinski definition) is 4. The molecule has 146 valence electrons. The second kappa shape index (κ2) is 8.82. The molecule has 2 aromatic carbocycles. The second-order valence-corrected chi connectivity index (χ2v) is 8.53. The van der Waals surface area contributed by atoms with Gasteiger partial charge in [-0.25, -0.2) is 8.42 Å². The smallest absolute Gasteiger partial charge is 0.248 e. The third-order valence-corrected chi connectivity index (χ3v) is 5.41. The lowest BCUT2D eigenvalue weighted by Gasteiger charge is -2.30. The maximum Gasteiger partial charge on any atom is 0.248 e. The van der Waals surface area contributed by atoms with Crippen LogP contribution in [0.2, 0.25) is 10.0 Å². The molecule has 1 unspecified atom stereocenters. The molecule has 0 radical (unpaired) electrons. The number of nitrogens with zero attached hydrogens (tertiary/aromatic N) is 1. The lowest BCUT2D eigenvalue weighted by atomic mass is 10.1. The summed E-state index contributed by atoms with van der Waals surface area (Å²) in [5, 5.41) is 3.27.